The van der Waals surface area contributed by atoms with E-state index in [0.29, 0.717) is 5.13 Å². The first-order chi connectivity index (χ1) is 10.4. The van der Waals surface area contributed by atoms with Crippen LogP contribution in [0.1, 0.15) is 32.3 Å². The minimum atomic E-state index is -0.725. The van der Waals surface area contributed by atoms with Crippen molar-refractivity contribution in [1.82, 2.24) is 4.98 Å². The molecule has 2 rings (SSSR count). The monoisotopic (exact) mass is 319 g/mol. The molecule has 0 fully saturated rings. The van der Waals surface area contributed by atoms with Crippen molar-refractivity contribution in [3.05, 3.63) is 35.2 Å². The SMILES string of the molecule is CC(C)(CCCc1ccc(-c2csc(N)n2)cc1)OC(N)=O. The molecule has 0 aliphatic heterocycles. The third kappa shape index (κ3) is 4.73. The van der Waals surface area contributed by atoms with Gasteiger partial charge in [0.1, 0.15) is 5.60 Å². The topological polar surface area (TPSA) is 91.2 Å². The predicted octanol–water partition coefficient (Wildman–Crippen LogP) is 3.59. The quantitative estimate of drug-likeness (QED) is 0.851. The number of primary amides is 1. The highest BCUT2D eigenvalue weighted by Gasteiger charge is 2.20. The second-order valence-electron chi connectivity index (χ2n) is 5.80. The van der Waals surface area contributed by atoms with Gasteiger partial charge in [0, 0.05) is 10.9 Å². The Morgan fingerprint density at radius 2 is 2.00 bits per heavy atom. The number of hydrogen-bond acceptors (Lipinski definition) is 5. The number of benzene rings is 1. The number of amides is 1. The number of anilines is 1. The summed E-state index contributed by atoms with van der Waals surface area (Å²) in [6.45, 7) is 3.74. The molecule has 1 aromatic carbocycles. The molecule has 6 heteroatoms. The Labute approximate surface area is 134 Å². The van der Waals surface area contributed by atoms with Gasteiger partial charge in [0.25, 0.3) is 0 Å². The summed E-state index contributed by atoms with van der Waals surface area (Å²) in [5.41, 5.74) is 13.4. The van der Waals surface area contributed by atoms with Crippen molar-refractivity contribution >= 4 is 22.6 Å². The number of carbonyl (C=O) groups is 1. The predicted molar refractivity (Wildman–Crippen MR) is 89.6 cm³/mol. The van der Waals surface area contributed by atoms with Crippen molar-refractivity contribution in [3.63, 3.8) is 0 Å². The maximum Gasteiger partial charge on any atom is 0.405 e. The molecule has 0 unspecified atom stereocenters. The Balaban J connectivity index is 1.88. The lowest BCUT2D eigenvalue weighted by atomic mass is 9.98. The Morgan fingerprint density at radius 3 is 2.55 bits per heavy atom. The second-order valence-corrected chi connectivity index (χ2v) is 6.69. The zero-order valence-electron chi connectivity index (χ0n) is 12.8. The molecule has 1 aromatic heterocycles. The van der Waals surface area contributed by atoms with Crippen molar-refractivity contribution in [2.24, 2.45) is 5.73 Å². The Bertz CT molecular complexity index is 635. The number of nitrogens with two attached hydrogens (primary N) is 2. The van der Waals surface area contributed by atoms with Crippen molar-refractivity contribution in [2.45, 2.75) is 38.7 Å². The van der Waals surface area contributed by atoms with Gasteiger partial charge < -0.3 is 16.2 Å². The van der Waals surface area contributed by atoms with Crippen LogP contribution >= 0.6 is 11.3 Å². The second kappa shape index (κ2) is 6.79. The van der Waals surface area contributed by atoms with Gasteiger partial charge in [-0.1, -0.05) is 24.3 Å². The number of aromatic nitrogens is 1. The number of aryl methyl sites for hydroxylation is 1. The van der Waals surface area contributed by atoms with Gasteiger partial charge in [0.2, 0.25) is 0 Å². The molecule has 0 aliphatic rings. The lowest BCUT2D eigenvalue weighted by molar-refractivity contribution is 0.0378. The Morgan fingerprint density at radius 1 is 1.32 bits per heavy atom. The molecule has 0 saturated heterocycles. The number of nitrogens with zero attached hydrogens (tertiary/aromatic N) is 1. The minimum Gasteiger partial charge on any atom is -0.444 e. The maximum absolute atomic E-state index is 10.8. The Kier molecular flexibility index (Phi) is 5.03. The van der Waals surface area contributed by atoms with E-state index < -0.39 is 11.7 Å². The van der Waals surface area contributed by atoms with E-state index in [9.17, 15) is 4.79 Å². The molecule has 2 aromatic rings. The van der Waals surface area contributed by atoms with Gasteiger partial charge in [-0.15, -0.1) is 11.3 Å². The molecule has 118 valence electrons. The van der Waals surface area contributed by atoms with Crippen LogP contribution < -0.4 is 11.5 Å². The van der Waals surface area contributed by atoms with Crippen LogP contribution in [0.3, 0.4) is 0 Å². The average molecular weight is 319 g/mol. The zero-order valence-corrected chi connectivity index (χ0v) is 13.7. The highest BCUT2D eigenvalue weighted by Crippen LogP contribution is 2.24. The summed E-state index contributed by atoms with van der Waals surface area (Å²) in [5, 5.41) is 2.53. The lowest BCUT2D eigenvalue weighted by Crippen LogP contribution is -2.31. The van der Waals surface area contributed by atoms with Crippen LogP contribution in [0.5, 0.6) is 0 Å². The summed E-state index contributed by atoms with van der Waals surface area (Å²) >= 11 is 1.44. The van der Waals surface area contributed by atoms with E-state index in [-0.39, 0.29) is 0 Å². The van der Waals surface area contributed by atoms with Crippen LogP contribution in [0.2, 0.25) is 0 Å². The average Bonchev–Trinajstić information content (AvgIpc) is 2.84. The lowest BCUT2D eigenvalue weighted by Gasteiger charge is -2.23. The number of nitrogen functional groups attached to an aromatic ring is 1. The molecule has 0 radical (unpaired) electrons. The number of thiazole rings is 1. The van der Waals surface area contributed by atoms with Crippen molar-refractivity contribution in [2.75, 3.05) is 5.73 Å². The van der Waals surface area contributed by atoms with Gasteiger partial charge in [0.05, 0.1) is 5.69 Å². The van der Waals surface area contributed by atoms with E-state index in [1.165, 1.54) is 16.9 Å². The van der Waals surface area contributed by atoms with Crippen molar-refractivity contribution < 1.29 is 9.53 Å². The molecular weight excluding hydrogens is 298 g/mol. The van der Waals surface area contributed by atoms with Gasteiger partial charge in [-0.2, -0.15) is 0 Å². The maximum atomic E-state index is 10.8. The van der Waals surface area contributed by atoms with Gasteiger partial charge in [-0.05, 0) is 38.7 Å². The van der Waals surface area contributed by atoms with Crippen LogP contribution in [0.15, 0.2) is 29.6 Å². The fraction of sp³-hybridized carbons (Fsp3) is 0.375. The van der Waals surface area contributed by atoms with E-state index in [1.54, 1.807) is 0 Å². The first-order valence-corrected chi connectivity index (χ1v) is 8.02. The fourth-order valence-electron chi connectivity index (χ4n) is 2.30. The summed E-state index contributed by atoms with van der Waals surface area (Å²) in [5.74, 6) is 0. The van der Waals surface area contributed by atoms with Gasteiger partial charge in [0.15, 0.2) is 5.13 Å². The van der Waals surface area contributed by atoms with Crippen LogP contribution in [-0.2, 0) is 11.2 Å². The summed E-state index contributed by atoms with van der Waals surface area (Å²) in [6.07, 6.45) is 1.88. The summed E-state index contributed by atoms with van der Waals surface area (Å²) in [7, 11) is 0. The normalized spacial score (nSPS) is 11.4. The smallest absolute Gasteiger partial charge is 0.405 e. The standard InChI is InChI=1S/C16H21N3O2S/c1-16(2,21-15(18)20)9-3-4-11-5-7-12(8-6-11)13-10-22-14(17)19-13/h5-8,10H,3-4,9H2,1-2H3,(H2,17,19)(H2,18,20). The van der Waals surface area contributed by atoms with E-state index in [1.807, 2.05) is 19.2 Å². The molecule has 0 spiro atoms. The highest BCUT2D eigenvalue weighted by molar-refractivity contribution is 7.13. The third-order valence-electron chi connectivity index (χ3n) is 3.39. The van der Waals surface area contributed by atoms with Gasteiger partial charge in [-0.3, -0.25) is 0 Å². The molecule has 0 aliphatic carbocycles. The van der Waals surface area contributed by atoms with Crippen LogP contribution in [-0.4, -0.2) is 16.7 Å². The number of ether oxygens (including phenoxy) is 1. The molecule has 0 saturated carbocycles. The highest BCUT2D eigenvalue weighted by atomic mass is 32.1. The van der Waals surface area contributed by atoms with Crippen molar-refractivity contribution in [1.29, 1.82) is 0 Å². The number of rotatable bonds is 6. The van der Waals surface area contributed by atoms with Crippen LogP contribution in [0.4, 0.5) is 9.93 Å². The van der Waals surface area contributed by atoms with Gasteiger partial charge >= 0.3 is 6.09 Å². The van der Waals surface area contributed by atoms with E-state index >= 15 is 0 Å². The molecule has 1 heterocycles. The van der Waals surface area contributed by atoms with E-state index in [4.69, 9.17) is 16.2 Å². The molecule has 5 nitrogen and oxygen atoms in total. The zero-order chi connectivity index (χ0) is 16.2. The molecule has 0 bridgehead atoms. The molecule has 1 amide bonds. The Hall–Kier alpha value is -2.08. The first-order valence-electron chi connectivity index (χ1n) is 7.14. The summed E-state index contributed by atoms with van der Waals surface area (Å²) in [6, 6.07) is 8.28. The molecular formula is C16H21N3O2S. The third-order valence-corrected chi connectivity index (χ3v) is 4.07. The van der Waals surface area contributed by atoms with E-state index in [2.05, 4.69) is 29.2 Å². The number of carbonyl (C=O) groups excluding carboxylic acids is 1. The molecule has 4 N–H and O–H groups in total. The van der Waals surface area contributed by atoms with Crippen LogP contribution in [0, 0.1) is 0 Å². The number of hydrogen-bond donors (Lipinski definition) is 2. The largest absolute Gasteiger partial charge is 0.444 e. The van der Waals surface area contributed by atoms with Gasteiger partial charge in [-0.25, -0.2) is 9.78 Å². The first kappa shape index (κ1) is 16.3. The summed E-state index contributed by atoms with van der Waals surface area (Å²) in [4.78, 5) is 15.1. The van der Waals surface area contributed by atoms with E-state index in [0.717, 1.165) is 30.5 Å². The summed E-state index contributed by atoms with van der Waals surface area (Å²) < 4.78 is 5.07. The fourth-order valence-corrected chi connectivity index (χ4v) is 2.88. The molecule has 22 heavy (non-hydrogen) atoms. The van der Waals surface area contributed by atoms with Crippen molar-refractivity contribution in [3.8, 4) is 11.3 Å². The van der Waals surface area contributed by atoms with Crippen LogP contribution in [0.25, 0.3) is 11.3 Å². The minimum absolute atomic E-state index is 0.524. The molecule has 0 atom stereocenters.